The first-order valence-corrected chi connectivity index (χ1v) is 6.43. The van der Waals surface area contributed by atoms with Crippen LogP contribution in [0.1, 0.15) is 10.4 Å². The summed E-state index contributed by atoms with van der Waals surface area (Å²) < 4.78 is 45.7. The van der Waals surface area contributed by atoms with Crippen LogP contribution in [0.4, 0.5) is 18.9 Å². The maximum absolute atomic E-state index is 13.6. The number of hydrogen-bond donors (Lipinski definition) is 1. The van der Waals surface area contributed by atoms with E-state index >= 15 is 0 Å². The van der Waals surface area contributed by atoms with E-state index in [1.165, 1.54) is 29.8 Å². The van der Waals surface area contributed by atoms with Crippen molar-refractivity contribution in [1.29, 1.82) is 0 Å². The summed E-state index contributed by atoms with van der Waals surface area (Å²) in [6.45, 7) is 0. The predicted octanol–water partition coefficient (Wildman–Crippen LogP) is 2.80. The lowest BCUT2D eigenvalue weighted by atomic mass is 10.2. The van der Waals surface area contributed by atoms with E-state index in [0.717, 1.165) is 6.07 Å². The van der Waals surface area contributed by atoms with Gasteiger partial charge in [0.25, 0.3) is 5.91 Å². The van der Waals surface area contributed by atoms with Crippen molar-refractivity contribution in [3.63, 3.8) is 0 Å². The Balaban J connectivity index is 1.96. The molecule has 23 heavy (non-hydrogen) atoms. The van der Waals surface area contributed by atoms with E-state index in [9.17, 15) is 22.8 Å². The van der Waals surface area contributed by atoms with Crippen LogP contribution in [0.5, 0.6) is 0 Å². The van der Waals surface area contributed by atoms with Gasteiger partial charge in [-0.05, 0) is 30.3 Å². The summed E-state index contributed by atoms with van der Waals surface area (Å²) in [6, 6.07) is 5.76. The first-order chi connectivity index (χ1) is 10.9. The molecule has 0 atom stereocenters. The largest absolute Gasteiger partial charge is 0.419 e. The number of hydrogen-bond acceptors (Lipinski definition) is 3. The summed E-state index contributed by atoms with van der Waals surface area (Å²) in [6.07, 6.45) is 0. The molecule has 5 nitrogen and oxygen atoms in total. The fraction of sp³-hybridized carbons (Fsp3) is 0.0667. The zero-order valence-electron chi connectivity index (χ0n) is 11.7. The number of nitrogens with one attached hydrogen (secondary N) is 1. The first-order valence-electron chi connectivity index (χ1n) is 6.43. The van der Waals surface area contributed by atoms with E-state index in [2.05, 4.69) is 5.32 Å². The standard InChI is InChI=1S/C15H9F3N2O3/c1-20-10-6-7(2-5-11(10)23-15(20)22)14(21)19-9-4-3-8(16)12(17)13(9)18/h2-6H,1H3,(H,19,21). The van der Waals surface area contributed by atoms with Crippen LogP contribution in [0.15, 0.2) is 39.5 Å². The van der Waals surface area contributed by atoms with Gasteiger partial charge >= 0.3 is 5.76 Å². The minimum atomic E-state index is -1.67. The minimum Gasteiger partial charge on any atom is -0.408 e. The number of aromatic nitrogens is 1. The zero-order chi connectivity index (χ0) is 16.7. The van der Waals surface area contributed by atoms with Crippen molar-refractivity contribution in [2.75, 3.05) is 5.32 Å². The summed E-state index contributed by atoms with van der Waals surface area (Å²) in [5.74, 6) is -5.85. The van der Waals surface area contributed by atoms with Crippen molar-refractivity contribution in [2.45, 2.75) is 0 Å². The molecule has 0 spiro atoms. The van der Waals surface area contributed by atoms with Gasteiger partial charge in [0.05, 0.1) is 11.2 Å². The van der Waals surface area contributed by atoms with Crippen LogP contribution in [-0.4, -0.2) is 10.5 Å². The smallest absolute Gasteiger partial charge is 0.408 e. The highest BCUT2D eigenvalue weighted by atomic mass is 19.2. The Kier molecular flexibility index (Phi) is 3.44. The van der Waals surface area contributed by atoms with Gasteiger partial charge in [0, 0.05) is 12.6 Å². The van der Waals surface area contributed by atoms with Crippen LogP contribution < -0.4 is 11.1 Å². The molecule has 0 aliphatic heterocycles. The maximum Gasteiger partial charge on any atom is 0.419 e. The van der Waals surface area contributed by atoms with E-state index in [1.54, 1.807) is 0 Å². The number of anilines is 1. The molecule has 0 unspecified atom stereocenters. The molecule has 0 bridgehead atoms. The summed E-state index contributed by atoms with van der Waals surface area (Å²) in [7, 11) is 1.46. The second-order valence-electron chi connectivity index (χ2n) is 4.79. The molecule has 0 saturated heterocycles. The molecule has 1 heterocycles. The number of fused-ring (bicyclic) bond motifs is 1. The quantitative estimate of drug-likeness (QED) is 0.738. The van der Waals surface area contributed by atoms with Gasteiger partial charge in [-0.3, -0.25) is 9.36 Å². The molecule has 8 heteroatoms. The van der Waals surface area contributed by atoms with Crippen LogP contribution in [0.2, 0.25) is 0 Å². The van der Waals surface area contributed by atoms with Crippen LogP contribution in [0, 0.1) is 17.5 Å². The lowest BCUT2D eigenvalue weighted by molar-refractivity contribution is 0.102. The number of halogens is 3. The lowest BCUT2D eigenvalue weighted by Crippen LogP contribution is -2.14. The first kappa shape index (κ1) is 14.9. The molecule has 0 aliphatic carbocycles. The van der Waals surface area contributed by atoms with Gasteiger partial charge in [0.1, 0.15) is 0 Å². The van der Waals surface area contributed by atoms with Crippen LogP contribution in [0.3, 0.4) is 0 Å². The highest BCUT2D eigenvalue weighted by molar-refractivity contribution is 6.05. The van der Waals surface area contributed by atoms with Crippen molar-refractivity contribution >= 4 is 22.7 Å². The van der Waals surface area contributed by atoms with Crippen molar-refractivity contribution in [1.82, 2.24) is 4.57 Å². The fourth-order valence-electron chi connectivity index (χ4n) is 2.08. The number of nitrogens with zero attached hydrogens (tertiary/aromatic N) is 1. The highest BCUT2D eigenvalue weighted by Gasteiger charge is 2.17. The van der Waals surface area contributed by atoms with Crippen molar-refractivity contribution in [2.24, 2.45) is 7.05 Å². The Morgan fingerprint density at radius 2 is 1.87 bits per heavy atom. The number of benzene rings is 2. The summed E-state index contributed by atoms with van der Waals surface area (Å²) in [5, 5.41) is 2.15. The second-order valence-corrected chi connectivity index (χ2v) is 4.79. The third-order valence-electron chi connectivity index (χ3n) is 3.34. The third-order valence-corrected chi connectivity index (χ3v) is 3.34. The van der Waals surface area contributed by atoms with E-state index in [1.807, 2.05) is 0 Å². The minimum absolute atomic E-state index is 0.0954. The average Bonchev–Trinajstić information content (AvgIpc) is 2.82. The number of amides is 1. The normalized spacial score (nSPS) is 11.0. The van der Waals surface area contributed by atoms with Gasteiger partial charge in [-0.2, -0.15) is 0 Å². The molecule has 0 aliphatic rings. The third kappa shape index (κ3) is 2.48. The topological polar surface area (TPSA) is 64.2 Å². The number of carbonyl (C=O) groups is 1. The Morgan fingerprint density at radius 1 is 1.13 bits per heavy atom. The van der Waals surface area contributed by atoms with Gasteiger partial charge in [-0.1, -0.05) is 0 Å². The molecule has 1 aromatic heterocycles. The molecule has 118 valence electrons. The predicted molar refractivity (Wildman–Crippen MR) is 75.7 cm³/mol. The molecule has 3 rings (SSSR count). The number of rotatable bonds is 2. The molecule has 0 fully saturated rings. The molecular formula is C15H9F3N2O3. The van der Waals surface area contributed by atoms with Crippen LogP contribution in [-0.2, 0) is 7.05 Å². The Morgan fingerprint density at radius 3 is 2.61 bits per heavy atom. The number of oxazole rings is 1. The Labute approximate surface area is 126 Å². The number of carbonyl (C=O) groups excluding carboxylic acids is 1. The van der Waals surface area contributed by atoms with Crippen LogP contribution in [0.25, 0.3) is 11.1 Å². The Bertz CT molecular complexity index is 992. The fourth-order valence-corrected chi connectivity index (χ4v) is 2.08. The van der Waals surface area contributed by atoms with Gasteiger partial charge in [-0.15, -0.1) is 0 Å². The summed E-state index contributed by atoms with van der Waals surface area (Å²) in [5.41, 5.74) is 0.259. The van der Waals surface area contributed by atoms with Gasteiger partial charge < -0.3 is 9.73 Å². The van der Waals surface area contributed by atoms with E-state index in [0.29, 0.717) is 11.6 Å². The molecular weight excluding hydrogens is 313 g/mol. The number of aryl methyl sites for hydroxylation is 1. The summed E-state index contributed by atoms with van der Waals surface area (Å²) in [4.78, 5) is 23.5. The molecule has 0 radical (unpaired) electrons. The Hall–Kier alpha value is -3.03. The maximum atomic E-state index is 13.6. The SMILES string of the molecule is Cn1c(=O)oc2ccc(C(=O)Nc3ccc(F)c(F)c3F)cc21. The van der Waals surface area contributed by atoms with Crippen molar-refractivity contribution < 1.29 is 22.4 Å². The van der Waals surface area contributed by atoms with E-state index in [4.69, 9.17) is 4.42 Å². The van der Waals surface area contributed by atoms with Gasteiger partial charge in [-0.25, -0.2) is 18.0 Å². The highest BCUT2D eigenvalue weighted by Crippen LogP contribution is 2.21. The molecule has 2 aromatic carbocycles. The lowest BCUT2D eigenvalue weighted by Gasteiger charge is -2.07. The zero-order valence-corrected chi connectivity index (χ0v) is 11.7. The average molecular weight is 322 g/mol. The molecule has 1 amide bonds. The van der Waals surface area contributed by atoms with Gasteiger partial charge in [0.15, 0.2) is 23.0 Å². The molecule has 3 aromatic rings. The van der Waals surface area contributed by atoms with Crippen LogP contribution >= 0.6 is 0 Å². The van der Waals surface area contributed by atoms with Crippen molar-refractivity contribution in [3.8, 4) is 0 Å². The second kappa shape index (κ2) is 5.31. The van der Waals surface area contributed by atoms with Gasteiger partial charge in [0.2, 0.25) is 0 Å². The van der Waals surface area contributed by atoms with Crippen molar-refractivity contribution in [3.05, 3.63) is 63.9 Å². The molecule has 1 N–H and O–H groups in total. The monoisotopic (exact) mass is 322 g/mol. The molecule has 0 saturated carbocycles. The summed E-state index contributed by atoms with van der Waals surface area (Å²) >= 11 is 0. The van der Waals surface area contributed by atoms with E-state index < -0.39 is 34.8 Å². The van der Waals surface area contributed by atoms with E-state index in [-0.39, 0.29) is 11.1 Å².